The Morgan fingerprint density at radius 3 is 2.52 bits per heavy atom. The molecule has 3 rings (SSSR count). The normalized spacial score (nSPS) is 20.6. The minimum atomic E-state index is -3.69. The van der Waals surface area contributed by atoms with Crippen molar-refractivity contribution in [1.29, 1.82) is 0 Å². The summed E-state index contributed by atoms with van der Waals surface area (Å²) in [5, 5.41) is 3.30. The lowest BCUT2D eigenvalue weighted by atomic mass is 10.2. The van der Waals surface area contributed by atoms with Crippen molar-refractivity contribution in [3.05, 3.63) is 29.6 Å². The summed E-state index contributed by atoms with van der Waals surface area (Å²) < 4.78 is 40.5. The van der Waals surface area contributed by atoms with Gasteiger partial charge in [-0.1, -0.05) is 12.5 Å². The molecule has 1 saturated carbocycles. The number of halogens is 1. The molecule has 1 aromatic carbocycles. The van der Waals surface area contributed by atoms with E-state index in [1.165, 1.54) is 29.3 Å². The Morgan fingerprint density at radius 2 is 1.90 bits per heavy atom. The van der Waals surface area contributed by atoms with Gasteiger partial charge in [0.15, 0.2) is 0 Å². The molecule has 0 unspecified atom stereocenters. The molecule has 6 heteroatoms. The van der Waals surface area contributed by atoms with Gasteiger partial charge in [0.2, 0.25) is 10.0 Å². The van der Waals surface area contributed by atoms with Gasteiger partial charge in [-0.25, -0.2) is 12.8 Å². The molecule has 1 saturated heterocycles. The molecular weight excluding hydrogens is 291 g/mol. The van der Waals surface area contributed by atoms with Crippen molar-refractivity contribution in [3.8, 4) is 0 Å². The van der Waals surface area contributed by atoms with Gasteiger partial charge in [-0.2, -0.15) is 4.31 Å². The molecule has 116 valence electrons. The summed E-state index contributed by atoms with van der Waals surface area (Å²) in [6, 6.07) is 5.00. The van der Waals surface area contributed by atoms with Crippen molar-refractivity contribution < 1.29 is 12.8 Å². The molecule has 0 spiro atoms. The van der Waals surface area contributed by atoms with Crippen LogP contribution in [0.25, 0.3) is 0 Å². The second-order valence-electron chi connectivity index (χ2n) is 5.88. The minimum absolute atomic E-state index is 0.195. The van der Waals surface area contributed by atoms with Crippen molar-refractivity contribution in [3.63, 3.8) is 0 Å². The average Bonchev–Trinajstić information content (AvgIpc) is 3.30. The largest absolute Gasteiger partial charge is 0.310 e. The predicted octanol–water partition coefficient (Wildman–Crippen LogP) is 2.25. The van der Waals surface area contributed by atoms with Gasteiger partial charge in [0.1, 0.15) is 10.7 Å². The van der Waals surface area contributed by atoms with Gasteiger partial charge in [-0.05, 0) is 43.4 Å². The second kappa shape index (κ2) is 6.02. The van der Waals surface area contributed by atoms with E-state index < -0.39 is 15.8 Å². The topological polar surface area (TPSA) is 49.4 Å². The summed E-state index contributed by atoms with van der Waals surface area (Å²) >= 11 is 0. The molecule has 0 bridgehead atoms. The molecule has 2 aliphatic rings. The number of benzene rings is 1. The third kappa shape index (κ3) is 3.44. The van der Waals surface area contributed by atoms with Crippen molar-refractivity contribution in [1.82, 2.24) is 9.62 Å². The lowest BCUT2D eigenvalue weighted by molar-refractivity contribution is 0.345. The maximum absolute atomic E-state index is 14.2. The van der Waals surface area contributed by atoms with Crippen LogP contribution in [-0.2, 0) is 16.6 Å². The van der Waals surface area contributed by atoms with Crippen LogP contribution in [0, 0.1) is 5.82 Å². The van der Waals surface area contributed by atoms with Crippen molar-refractivity contribution in [2.75, 3.05) is 13.1 Å². The first-order valence-corrected chi connectivity index (χ1v) is 9.03. The van der Waals surface area contributed by atoms with Crippen LogP contribution >= 0.6 is 0 Å². The first-order valence-electron chi connectivity index (χ1n) is 7.59. The number of sulfonamides is 1. The van der Waals surface area contributed by atoms with Crippen molar-refractivity contribution in [2.24, 2.45) is 0 Å². The number of nitrogens with one attached hydrogen (secondary N) is 1. The second-order valence-corrected chi connectivity index (χ2v) is 7.79. The van der Waals surface area contributed by atoms with Gasteiger partial charge in [0.25, 0.3) is 0 Å². The first kappa shape index (κ1) is 14.9. The number of rotatable bonds is 5. The third-order valence-corrected chi connectivity index (χ3v) is 6.03. The molecule has 2 fully saturated rings. The number of nitrogens with zero attached hydrogens (tertiary/aromatic N) is 1. The summed E-state index contributed by atoms with van der Waals surface area (Å²) in [5.41, 5.74) is 0.789. The van der Waals surface area contributed by atoms with Crippen molar-refractivity contribution in [2.45, 2.75) is 49.6 Å². The zero-order valence-electron chi connectivity index (χ0n) is 12.0. The Morgan fingerprint density at radius 1 is 1.19 bits per heavy atom. The van der Waals surface area contributed by atoms with E-state index in [2.05, 4.69) is 5.32 Å². The fourth-order valence-corrected chi connectivity index (χ4v) is 4.22. The van der Waals surface area contributed by atoms with Crippen LogP contribution in [0.5, 0.6) is 0 Å². The summed E-state index contributed by atoms with van der Waals surface area (Å²) in [4.78, 5) is -0.195. The third-order valence-electron chi connectivity index (χ3n) is 4.10. The van der Waals surface area contributed by atoms with Crippen molar-refractivity contribution >= 4 is 10.0 Å². The highest BCUT2D eigenvalue weighted by Crippen LogP contribution is 2.24. The summed E-state index contributed by atoms with van der Waals surface area (Å²) in [7, 11) is -3.69. The van der Waals surface area contributed by atoms with E-state index in [0.717, 1.165) is 24.8 Å². The molecule has 4 nitrogen and oxygen atoms in total. The van der Waals surface area contributed by atoms with E-state index in [9.17, 15) is 12.8 Å². The molecule has 0 amide bonds. The number of piperidine rings is 1. The van der Waals surface area contributed by atoms with Crippen LogP contribution in [0.4, 0.5) is 4.39 Å². The molecule has 1 N–H and O–H groups in total. The molecule has 1 aliphatic carbocycles. The average molecular weight is 312 g/mol. The highest BCUT2D eigenvalue weighted by atomic mass is 32.2. The quantitative estimate of drug-likeness (QED) is 0.907. The molecule has 1 aliphatic heterocycles. The maximum Gasteiger partial charge on any atom is 0.245 e. The van der Waals surface area contributed by atoms with Gasteiger partial charge in [0.05, 0.1) is 0 Å². The number of hydrogen-bond acceptors (Lipinski definition) is 3. The fourth-order valence-electron chi connectivity index (χ4n) is 2.66. The molecule has 1 heterocycles. The smallest absolute Gasteiger partial charge is 0.245 e. The van der Waals surface area contributed by atoms with E-state index in [1.807, 2.05) is 0 Å². The monoisotopic (exact) mass is 312 g/mol. The van der Waals surface area contributed by atoms with Gasteiger partial charge in [-0.15, -0.1) is 0 Å². The Labute approximate surface area is 125 Å². The Bertz CT molecular complexity index is 608. The molecular formula is C15H21FN2O2S. The Balaban J connectivity index is 1.77. The first-order chi connectivity index (χ1) is 10.1. The summed E-state index contributed by atoms with van der Waals surface area (Å²) in [6.07, 6.45) is 5.09. The lowest BCUT2D eigenvalue weighted by Crippen LogP contribution is -2.36. The summed E-state index contributed by atoms with van der Waals surface area (Å²) in [6.45, 7) is 1.57. The SMILES string of the molecule is O=S(=O)(c1ccc(CNC2CC2)cc1F)N1CCCCC1. The van der Waals surface area contributed by atoms with Gasteiger partial charge >= 0.3 is 0 Å². The standard InChI is InChI=1S/C15H21FN2O2S/c16-14-10-12(11-17-13-5-6-13)4-7-15(14)21(19,20)18-8-2-1-3-9-18/h4,7,10,13,17H,1-3,5-6,8-9,11H2. The predicted molar refractivity (Wildman–Crippen MR) is 78.9 cm³/mol. The van der Waals surface area contributed by atoms with Crippen LogP contribution in [0.3, 0.4) is 0 Å². The van der Waals surface area contributed by atoms with Crippen LogP contribution in [0.2, 0.25) is 0 Å². The Kier molecular flexibility index (Phi) is 4.28. The molecule has 0 radical (unpaired) electrons. The van der Waals surface area contributed by atoms with E-state index >= 15 is 0 Å². The van der Waals surface area contributed by atoms with E-state index in [4.69, 9.17) is 0 Å². The fraction of sp³-hybridized carbons (Fsp3) is 0.600. The Hall–Kier alpha value is -0.980. The molecule has 1 aromatic rings. The van der Waals surface area contributed by atoms with E-state index in [-0.39, 0.29) is 4.90 Å². The number of hydrogen-bond donors (Lipinski definition) is 1. The van der Waals surface area contributed by atoms with Gasteiger partial charge in [-0.3, -0.25) is 0 Å². The zero-order chi connectivity index (χ0) is 14.9. The highest BCUT2D eigenvalue weighted by Gasteiger charge is 2.28. The maximum atomic E-state index is 14.2. The van der Waals surface area contributed by atoms with Gasteiger partial charge in [0, 0.05) is 25.7 Å². The molecule has 0 aromatic heterocycles. The van der Waals surface area contributed by atoms with Crippen LogP contribution in [-0.4, -0.2) is 31.9 Å². The molecule has 0 atom stereocenters. The summed E-state index contributed by atoms with van der Waals surface area (Å²) in [5.74, 6) is -0.643. The lowest BCUT2D eigenvalue weighted by Gasteiger charge is -2.26. The van der Waals surface area contributed by atoms with E-state index in [0.29, 0.717) is 25.7 Å². The van der Waals surface area contributed by atoms with Crippen LogP contribution in [0.15, 0.2) is 23.1 Å². The van der Waals surface area contributed by atoms with Gasteiger partial charge < -0.3 is 5.32 Å². The molecule has 21 heavy (non-hydrogen) atoms. The van der Waals surface area contributed by atoms with Crippen LogP contribution < -0.4 is 5.32 Å². The van der Waals surface area contributed by atoms with E-state index in [1.54, 1.807) is 6.07 Å². The zero-order valence-corrected chi connectivity index (χ0v) is 12.8. The van der Waals surface area contributed by atoms with Crippen LogP contribution in [0.1, 0.15) is 37.7 Å². The highest BCUT2D eigenvalue weighted by molar-refractivity contribution is 7.89. The minimum Gasteiger partial charge on any atom is -0.310 e.